The monoisotopic (exact) mass is 257 g/mol. The number of benzene rings is 1. The molecule has 18 heavy (non-hydrogen) atoms. The Bertz CT molecular complexity index is 385. The zero-order valence-electron chi connectivity index (χ0n) is 10.5. The molecule has 0 aliphatic heterocycles. The molecule has 0 unspecified atom stereocenters. The van der Waals surface area contributed by atoms with E-state index < -0.39 is 11.7 Å². The fraction of sp³-hybridized carbons (Fsp3) is 0.571. The van der Waals surface area contributed by atoms with E-state index in [2.05, 4.69) is 12.2 Å². The summed E-state index contributed by atoms with van der Waals surface area (Å²) >= 11 is 0. The number of alkyl halides is 3. The quantitative estimate of drug-likeness (QED) is 0.824. The minimum atomic E-state index is -4.25. The molecule has 2 rings (SSSR count). The zero-order valence-corrected chi connectivity index (χ0v) is 10.5. The van der Waals surface area contributed by atoms with Crippen LogP contribution in [0, 0.1) is 5.41 Å². The number of hydrogen-bond acceptors (Lipinski definition) is 1. The van der Waals surface area contributed by atoms with Crippen LogP contribution in [0.25, 0.3) is 0 Å². The van der Waals surface area contributed by atoms with Crippen LogP contribution in [0.4, 0.5) is 18.9 Å². The molecule has 1 aliphatic carbocycles. The smallest absolute Gasteiger partial charge is 0.384 e. The lowest BCUT2D eigenvalue weighted by Crippen LogP contribution is -2.35. The average molecular weight is 257 g/mol. The summed E-state index contributed by atoms with van der Waals surface area (Å²) in [5.41, 5.74) is 0.535. The van der Waals surface area contributed by atoms with Gasteiger partial charge in [-0.1, -0.05) is 13.3 Å². The van der Waals surface area contributed by atoms with Crippen molar-refractivity contribution in [2.24, 2.45) is 5.41 Å². The van der Waals surface area contributed by atoms with Gasteiger partial charge in [-0.05, 0) is 48.9 Å². The summed E-state index contributed by atoms with van der Waals surface area (Å²) in [7, 11) is 0. The maximum Gasteiger partial charge on any atom is 0.416 e. The van der Waals surface area contributed by atoms with Gasteiger partial charge >= 0.3 is 6.18 Å². The lowest BCUT2D eigenvalue weighted by Gasteiger charge is -2.41. The maximum atomic E-state index is 12.4. The Morgan fingerprint density at radius 3 is 2.17 bits per heavy atom. The largest absolute Gasteiger partial charge is 0.416 e. The van der Waals surface area contributed by atoms with Crippen molar-refractivity contribution < 1.29 is 13.2 Å². The molecule has 0 spiro atoms. The van der Waals surface area contributed by atoms with E-state index in [1.54, 1.807) is 0 Å². The molecule has 1 N–H and O–H groups in total. The lowest BCUT2D eigenvalue weighted by molar-refractivity contribution is -0.137. The zero-order chi connectivity index (χ0) is 13.2. The van der Waals surface area contributed by atoms with E-state index in [1.165, 1.54) is 31.4 Å². The molecule has 0 saturated heterocycles. The molecular formula is C14H18F3N. The van der Waals surface area contributed by atoms with Crippen LogP contribution in [-0.2, 0) is 6.18 Å². The summed E-state index contributed by atoms with van der Waals surface area (Å²) in [6.45, 7) is 3.03. The number of halogens is 3. The maximum absolute atomic E-state index is 12.4. The molecule has 0 heterocycles. The number of hydrogen-bond donors (Lipinski definition) is 1. The molecule has 1 aromatic carbocycles. The van der Waals surface area contributed by atoms with Gasteiger partial charge in [-0.15, -0.1) is 0 Å². The van der Waals surface area contributed by atoms with Gasteiger partial charge in [-0.25, -0.2) is 0 Å². The van der Waals surface area contributed by atoms with Gasteiger partial charge < -0.3 is 5.32 Å². The highest BCUT2D eigenvalue weighted by atomic mass is 19.4. The Morgan fingerprint density at radius 1 is 1.17 bits per heavy atom. The highest BCUT2D eigenvalue weighted by molar-refractivity contribution is 5.45. The Kier molecular flexibility index (Phi) is 3.55. The van der Waals surface area contributed by atoms with E-state index in [0.29, 0.717) is 5.41 Å². The van der Waals surface area contributed by atoms with Crippen LogP contribution < -0.4 is 5.32 Å². The molecule has 0 radical (unpaired) electrons. The highest BCUT2D eigenvalue weighted by Crippen LogP contribution is 2.43. The van der Waals surface area contributed by atoms with Crippen LogP contribution in [0.3, 0.4) is 0 Å². The summed E-state index contributed by atoms with van der Waals surface area (Å²) in [6, 6.07) is 5.26. The van der Waals surface area contributed by atoms with Crippen molar-refractivity contribution in [1.82, 2.24) is 0 Å². The van der Waals surface area contributed by atoms with Crippen LogP contribution in [0.1, 0.15) is 38.2 Å². The van der Waals surface area contributed by atoms with Gasteiger partial charge in [-0.3, -0.25) is 0 Å². The molecule has 0 amide bonds. The van der Waals surface area contributed by atoms with Crippen LogP contribution in [0.15, 0.2) is 24.3 Å². The summed E-state index contributed by atoms with van der Waals surface area (Å²) in [5.74, 6) is 0. The molecule has 1 fully saturated rings. The molecule has 1 aromatic rings. The normalized spacial score (nSPS) is 18.2. The summed E-state index contributed by atoms with van der Waals surface area (Å²) in [5, 5.41) is 3.25. The van der Waals surface area contributed by atoms with Crippen molar-refractivity contribution in [2.75, 3.05) is 11.9 Å². The van der Waals surface area contributed by atoms with Gasteiger partial charge in [0.25, 0.3) is 0 Å². The first-order valence-corrected chi connectivity index (χ1v) is 6.36. The van der Waals surface area contributed by atoms with Gasteiger partial charge in [0.05, 0.1) is 5.56 Å². The van der Waals surface area contributed by atoms with Gasteiger partial charge in [0, 0.05) is 12.2 Å². The molecule has 1 nitrogen and oxygen atoms in total. The SMILES string of the molecule is CCC1(CNc2ccc(C(F)(F)F)cc2)CCC1. The third kappa shape index (κ3) is 2.79. The van der Waals surface area contributed by atoms with Crippen molar-refractivity contribution in [1.29, 1.82) is 0 Å². The standard InChI is InChI=1S/C14H18F3N/c1-2-13(8-3-9-13)10-18-12-6-4-11(5-7-12)14(15,16)17/h4-7,18H,2-3,8-10H2,1H3. The summed E-state index contributed by atoms with van der Waals surface area (Å²) in [4.78, 5) is 0. The third-order valence-corrected chi connectivity index (χ3v) is 4.04. The second kappa shape index (κ2) is 4.82. The molecule has 1 saturated carbocycles. The van der Waals surface area contributed by atoms with Crippen LogP contribution in [-0.4, -0.2) is 6.54 Å². The molecule has 100 valence electrons. The molecule has 0 bridgehead atoms. The second-order valence-electron chi connectivity index (χ2n) is 5.14. The van der Waals surface area contributed by atoms with E-state index in [0.717, 1.165) is 30.8 Å². The number of rotatable bonds is 4. The van der Waals surface area contributed by atoms with Crippen molar-refractivity contribution in [3.8, 4) is 0 Å². The third-order valence-electron chi connectivity index (χ3n) is 4.04. The Balaban J connectivity index is 1.94. The van der Waals surface area contributed by atoms with Gasteiger partial charge in [-0.2, -0.15) is 13.2 Å². The topological polar surface area (TPSA) is 12.0 Å². The first kappa shape index (κ1) is 13.2. The first-order chi connectivity index (χ1) is 8.45. The van der Waals surface area contributed by atoms with E-state index in [4.69, 9.17) is 0 Å². The van der Waals surface area contributed by atoms with E-state index in [1.807, 2.05) is 0 Å². The Morgan fingerprint density at radius 2 is 1.78 bits per heavy atom. The molecule has 0 atom stereocenters. The predicted octanol–water partition coefficient (Wildman–Crippen LogP) is 4.70. The molecule has 0 aromatic heterocycles. The highest BCUT2D eigenvalue weighted by Gasteiger charge is 2.34. The molecule has 1 aliphatic rings. The average Bonchev–Trinajstić information content (AvgIpc) is 2.28. The van der Waals surface area contributed by atoms with Crippen LogP contribution in [0.5, 0.6) is 0 Å². The first-order valence-electron chi connectivity index (χ1n) is 6.36. The van der Waals surface area contributed by atoms with Crippen LogP contribution >= 0.6 is 0 Å². The van der Waals surface area contributed by atoms with E-state index >= 15 is 0 Å². The van der Waals surface area contributed by atoms with Crippen LogP contribution in [0.2, 0.25) is 0 Å². The second-order valence-corrected chi connectivity index (χ2v) is 5.14. The molecular weight excluding hydrogens is 239 g/mol. The summed E-state index contributed by atoms with van der Waals surface area (Å²) < 4.78 is 37.2. The van der Waals surface area contributed by atoms with E-state index in [-0.39, 0.29) is 0 Å². The van der Waals surface area contributed by atoms with Gasteiger partial charge in [0.2, 0.25) is 0 Å². The van der Waals surface area contributed by atoms with Crippen molar-refractivity contribution in [3.63, 3.8) is 0 Å². The summed E-state index contributed by atoms with van der Waals surface area (Å²) in [6.07, 6.45) is 0.578. The van der Waals surface area contributed by atoms with Crippen molar-refractivity contribution >= 4 is 5.69 Å². The van der Waals surface area contributed by atoms with Gasteiger partial charge in [0.15, 0.2) is 0 Å². The lowest BCUT2D eigenvalue weighted by atomic mass is 9.67. The van der Waals surface area contributed by atoms with Crippen molar-refractivity contribution in [2.45, 2.75) is 38.8 Å². The Hall–Kier alpha value is -1.19. The predicted molar refractivity (Wildman–Crippen MR) is 66.5 cm³/mol. The minimum absolute atomic E-state index is 0.364. The number of anilines is 1. The number of nitrogens with one attached hydrogen (secondary N) is 1. The minimum Gasteiger partial charge on any atom is -0.384 e. The molecule has 4 heteroatoms. The fourth-order valence-electron chi connectivity index (χ4n) is 2.40. The van der Waals surface area contributed by atoms with Gasteiger partial charge in [0.1, 0.15) is 0 Å². The Labute approximate surface area is 105 Å². The van der Waals surface area contributed by atoms with E-state index in [9.17, 15) is 13.2 Å². The van der Waals surface area contributed by atoms with Crippen molar-refractivity contribution in [3.05, 3.63) is 29.8 Å². The fourth-order valence-corrected chi connectivity index (χ4v) is 2.40.